The molecule has 0 radical (unpaired) electrons. The summed E-state index contributed by atoms with van der Waals surface area (Å²) in [6.45, 7) is 0. The second kappa shape index (κ2) is 6.95. The molecule has 1 fully saturated rings. The van der Waals surface area contributed by atoms with Gasteiger partial charge in [-0.1, -0.05) is 11.8 Å². The zero-order valence-corrected chi connectivity index (χ0v) is 12.1. The summed E-state index contributed by atoms with van der Waals surface area (Å²) in [5.74, 6) is 2.06. The molecule has 1 aliphatic rings. The molecule has 0 unspecified atom stereocenters. The standard InChI is InChI=1S/C13H15N3O3S/c1-18-10-5-9(6-11(7-10)19-2)8-14-16-13-15-12(17)3-4-20-13/h5-8H,3-4H2,1-2H3,(H,15,16,17). The van der Waals surface area contributed by atoms with Crippen LogP contribution in [0.25, 0.3) is 0 Å². The third-order valence-corrected chi connectivity index (χ3v) is 3.41. The maximum atomic E-state index is 11.2. The fourth-order valence-electron chi connectivity index (χ4n) is 1.56. The molecule has 0 spiro atoms. The molecule has 1 heterocycles. The van der Waals surface area contributed by atoms with Gasteiger partial charge in [0.15, 0.2) is 5.17 Å². The van der Waals surface area contributed by atoms with Gasteiger partial charge in [0.05, 0.1) is 20.4 Å². The first-order valence-corrected chi connectivity index (χ1v) is 6.96. The Bertz CT molecular complexity index is 536. The molecule has 1 amide bonds. The highest BCUT2D eigenvalue weighted by atomic mass is 32.2. The highest BCUT2D eigenvalue weighted by molar-refractivity contribution is 8.14. The Morgan fingerprint density at radius 3 is 2.55 bits per heavy atom. The smallest absolute Gasteiger partial charge is 0.226 e. The van der Waals surface area contributed by atoms with Gasteiger partial charge in [0.1, 0.15) is 11.5 Å². The summed E-state index contributed by atoms with van der Waals surface area (Å²) in [4.78, 5) is 11.2. The maximum absolute atomic E-state index is 11.2. The Morgan fingerprint density at radius 2 is 1.95 bits per heavy atom. The van der Waals surface area contributed by atoms with Crippen LogP contribution in [0.2, 0.25) is 0 Å². The summed E-state index contributed by atoms with van der Waals surface area (Å²) in [7, 11) is 3.17. The van der Waals surface area contributed by atoms with Crippen molar-refractivity contribution in [2.24, 2.45) is 10.2 Å². The van der Waals surface area contributed by atoms with Crippen molar-refractivity contribution in [2.45, 2.75) is 6.42 Å². The van der Waals surface area contributed by atoms with Gasteiger partial charge in [0.2, 0.25) is 5.91 Å². The van der Waals surface area contributed by atoms with Crippen LogP contribution in [0.3, 0.4) is 0 Å². The number of thioether (sulfide) groups is 1. The normalized spacial score (nSPS) is 17.3. The average molecular weight is 293 g/mol. The summed E-state index contributed by atoms with van der Waals surface area (Å²) < 4.78 is 10.3. The van der Waals surface area contributed by atoms with Gasteiger partial charge in [0, 0.05) is 23.8 Å². The van der Waals surface area contributed by atoms with Crippen LogP contribution in [0.4, 0.5) is 0 Å². The van der Waals surface area contributed by atoms with Crippen molar-refractivity contribution in [1.29, 1.82) is 0 Å². The quantitative estimate of drug-likeness (QED) is 0.676. The first kappa shape index (κ1) is 14.4. The van der Waals surface area contributed by atoms with Crippen LogP contribution in [0.15, 0.2) is 28.4 Å². The minimum atomic E-state index is -0.0271. The zero-order chi connectivity index (χ0) is 14.4. The Balaban J connectivity index is 2.10. The van der Waals surface area contributed by atoms with Crippen molar-refractivity contribution < 1.29 is 14.3 Å². The molecule has 2 rings (SSSR count). The Morgan fingerprint density at radius 1 is 1.25 bits per heavy atom. The monoisotopic (exact) mass is 293 g/mol. The molecule has 1 aromatic rings. The minimum absolute atomic E-state index is 0.0271. The van der Waals surface area contributed by atoms with E-state index in [2.05, 4.69) is 15.5 Å². The second-order valence-electron chi connectivity index (χ2n) is 3.94. The maximum Gasteiger partial charge on any atom is 0.226 e. The number of benzene rings is 1. The van der Waals surface area contributed by atoms with Crippen LogP contribution in [0.1, 0.15) is 12.0 Å². The third-order valence-electron chi connectivity index (χ3n) is 2.54. The number of methoxy groups -OCH3 is 2. The molecular formula is C13H15N3O3S. The van der Waals surface area contributed by atoms with Crippen molar-refractivity contribution >= 4 is 29.1 Å². The number of ether oxygens (including phenoxy) is 2. The lowest BCUT2D eigenvalue weighted by molar-refractivity contribution is -0.119. The largest absolute Gasteiger partial charge is 0.497 e. The van der Waals surface area contributed by atoms with Crippen LogP contribution in [-0.4, -0.2) is 37.3 Å². The SMILES string of the molecule is COc1cc(C=NN=C2NC(=O)CCS2)cc(OC)c1. The molecule has 0 aromatic heterocycles. The summed E-state index contributed by atoms with van der Waals surface area (Å²) in [5, 5.41) is 11.1. The predicted octanol–water partition coefficient (Wildman–Crippen LogP) is 1.65. The molecular weight excluding hydrogens is 278 g/mol. The van der Waals surface area contributed by atoms with E-state index in [1.165, 1.54) is 11.8 Å². The summed E-state index contributed by atoms with van der Waals surface area (Å²) in [5.41, 5.74) is 0.803. The van der Waals surface area contributed by atoms with Gasteiger partial charge < -0.3 is 14.8 Å². The molecule has 0 atom stereocenters. The van der Waals surface area contributed by atoms with Crippen LogP contribution in [0.5, 0.6) is 11.5 Å². The molecule has 1 aliphatic heterocycles. The molecule has 0 saturated carbocycles. The van der Waals surface area contributed by atoms with Gasteiger partial charge in [-0.05, 0) is 12.1 Å². The molecule has 106 valence electrons. The number of amides is 1. The van der Waals surface area contributed by atoms with Gasteiger partial charge in [-0.2, -0.15) is 5.10 Å². The molecule has 20 heavy (non-hydrogen) atoms. The number of rotatable bonds is 4. The van der Waals surface area contributed by atoms with Crippen molar-refractivity contribution in [3.8, 4) is 11.5 Å². The Hall–Kier alpha value is -2.02. The number of amidine groups is 1. The topological polar surface area (TPSA) is 72.3 Å². The van der Waals surface area contributed by atoms with E-state index in [0.717, 1.165) is 11.3 Å². The highest BCUT2D eigenvalue weighted by Crippen LogP contribution is 2.21. The van der Waals surface area contributed by atoms with Crippen LogP contribution < -0.4 is 14.8 Å². The summed E-state index contributed by atoms with van der Waals surface area (Å²) in [6, 6.07) is 5.41. The fourth-order valence-corrected chi connectivity index (χ4v) is 2.34. The van der Waals surface area contributed by atoms with Gasteiger partial charge >= 0.3 is 0 Å². The minimum Gasteiger partial charge on any atom is -0.497 e. The van der Waals surface area contributed by atoms with Crippen molar-refractivity contribution in [1.82, 2.24) is 5.32 Å². The predicted molar refractivity (Wildman–Crippen MR) is 79.8 cm³/mol. The molecule has 1 saturated heterocycles. The Kier molecular flexibility index (Phi) is 5.00. The van der Waals surface area contributed by atoms with E-state index in [4.69, 9.17) is 9.47 Å². The lowest BCUT2D eigenvalue weighted by Gasteiger charge is -2.11. The Labute approximate surface area is 121 Å². The van der Waals surface area contributed by atoms with E-state index in [-0.39, 0.29) is 5.91 Å². The third kappa shape index (κ3) is 3.99. The molecule has 0 bridgehead atoms. The number of carbonyl (C=O) groups excluding carboxylic acids is 1. The molecule has 6 nitrogen and oxygen atoms in total. The second-order valence-corrected chi connectivity index (χ2v) is 5.03. The van der Waals surface area contributed by atoms with Gasteiger partial charge in [0.25, 0.3) is 0 Å². The molecule has 0 aliphatic carbocycles. The van der Waals surface area contributed by atoms with E-state index in [0.29, 0.717) is 23.1 Å². The summed E-state index contributed by atoms with van der Waals surface area (Å²) in [6.07, 6.45) is 2.10. The number of carbonyl (C=O) groups is 1. The van der Waals surface area contributed by atoms with E-state index in [1.54, 1.807) is 26.5 Å². The van der Waals surface area contributed by atoms with Crippen LogP contribution >= 0.6 is 11.8 Å². The lowest BCUT2D eigenvalue weighted by Crippen LogP contribution is -2.32. The van der Waals surface area contributed by atoms with E-state index in [9.17, 15) is 4.79 Å². The number of hydrogen-bond donors (Lipinski definition) is 1. The van der Waals surface area contributed by atoms with Crippen LogP contribution in [0, 0.1) is 0 Å². The molecule has 7 heteroatoms. The number of nitrogens with zero attached hydrogens (tertiary/aromatic N) is 2. The van der Waals surface area contributed by atoms with E-state index in [1.807, 2.05) is 12.1 Å². The highest BCUT2D eigenvalue weighted by Gasteiger charge is 2.13. The number of hydrogen-bond acceptors (Lipinski definition) is 6. The first-order chi connectivity index (χ1) is 9.71. The molecule has 1 N–H and O–H groups in total. The lowest BCUT2D eigenvalue weighted by atomic mass is 10.2. The first-order valence-electron chi connectivity index (χ1n) is 5.98. The van der Waals surface area contributed by atoms with Gasteiger partial charge in [-0.25, -0.2) is 0 Å². The van der Waals surface area contributed by atoms with Crippen molar-refractivity contribution in [2.75, 3.05) is 20.0 Å². The zero-order valence-electron chi connectivity index (χ0n) is 11.3. The fraction of sp³-hybridized carbons (Fsp3) is 0.308. The van der Waals surface area contributed by atoms with E-state index < -0.39 is 0 Å². The van der Waals surface area contributed by atoms with Crippen molar-refractivity contribution in [3.63, 3.8) is 0 Å². The average Bonchev–Trinajstić information content (AvgIpc) is 2.47. The number of nitrogens with one attached hydrogen (secondary N) is 1. The van der Waals surface area contributed by atoms with Crippen molar-refractivity contribution in [3.05, 3.63) is 23.8 Å². The van der Waals surface area contributed by atoms with E-state index >= 15 is 0 Å². The van der Waals surface area contributed by atoms with Gasteiger partial charge in [-0.3, -0.25) is 4.79 Å². The van der Waals surface area contributed by atoms with Crippen LogP contribution in [-0.2, 0) is 4.79 Å². The summed E-state index contributed by atoms with van der Waals surface area (Å²) >= 11 is 1.47. The van der Waals surface area contributed by atoms with Gasteiger partial charge in [-0.15, -0.1) is 5.10 Å². The molecule has 1 aromatic carbocycles.